The molecule has 1 aromatic heterocycles. The van der Waals surface area contributed by atoms with E-state index in [4.69, 9.17) is 11.6 Å². The summed E-state index contributed by atoms with van der Waals surface area (Å²) in [6.45, 7) is 2.85. The van der Waals surface area contributed by atoms with E-state index < -0.39 is 0 Å². The Hall–Kier alpha value is -2.85. The van der Waals surface area contributed by atoms with E-state index in [0.717, 1.165) is 11.1 Å². The summed E-state index contributed by atoms with van der Waals surface area (Å²) in [5.41, 5.74) is 3.36. The van der Waals surface area contributed by atoms with Gasteiger partial charge in [-0.05, 0) is 30.2 Å². The molecule has 27 heavy (non-hydrogen) atoms. The first-order chi connectivity index (χ1) is 12.9. The summed E-state index contributed by atoms with van der Waals surface area (Å²) in [4.78, 5) is 26.6. The molecule has 0 atom stereocenters. The number of hydrogen-bond donors (Lipinski definition) is 0. The van der Waals surface area contributed by atoms with Crippen molar-refractivity contribution >= 4 is 17.5 Å². The molecule has 0 bridgehead atoms. The first-order valence-corrected chi connectivity index (χ1v) is 9.07. The third-order valence-corrected chi connectivity index (χ3v) is 4.78. The lowest BCUT2D eigenvalue weighted by atomic mass is 10.1. The predicted octanol–water partition coefficient (Wildman–Crippen LogP) is 4.13. The fourth-order valence-electron chi connectivity index (χ4n) is 2.85. The van der Waals surface area contributed by atoms with Crippen LogP contribution in [0.4, 0.5) is 0 Å². The van der Waals surface area contributed by atoms with Gasteiger partial charge < -0.3 is 9.47 Å². The summed E-state index contributed by atoms with van der Waals surface area (Å²) in [7, 11) is 1.76. The minimum absolute atomic E-state index is 0.136. The Morgan fingerprint density at radius 2 is 1.74 bits per heavy atom. The van der Waals surface area contributed by atoms with Crippen LogP contribution in [0.25, 0.3) is 0 Å². The predicted molar refractivity (Wildman–Crippen MR) is 108 cm³/mol. The van der Waals surface area contributed by atoms with Crippen LogP contribution in [-0.4, -0.2) is 22.4 Å². The summed E-state index contributed by atoms with van der Waals surface area (Å²) < 4.78 is 1.51. The number of nitrogens with zero attached hydrogens (tertiary/aromatic N) is 2. The quantitative estimate of drug-likeness (QED) is 0.667. The van der Waals surface area contributed by atoms with Gasteiger partial charge in [-0.1, -0.05) is 59.6 Å². The smallest absolute Gasteiger partial charge is 0.255 e. The van der Waals surface area contributed by atoms with Gasteiger partial charge in [-0.3, -0.25) is 9.59 Å². The van der Waals surface area contributed by atoms with Gasteiger partial charge in [-0.25, -0.2) is 0 Å². The Morgan fingerprint density at radius 1 is 1.04 bits per heavy atom. The number of carbonyl (C=O) groups is 1. The molecular formula is C22H21ClN2O2. The number of hydrogen-bond acceptors (Lipinski definition) is 2. The molecule has 0 saturated heterocycles. The van der Waals surface area contributed by atoms with Crippen LogP contribution in [0.3, 0.4) is 0 Å². The van der Waals surface area contributed by atoms with Gasteiger partial charge in [0.15, 0.2) is 0 Å². The van der Waals surface area contributed by atoms with Crippen molar-refractivity contribution in [2.75, 3.05) is 7.05 Å². The maximum atomic E-state index is 12.8. The van der Waals surface area contributed by atoms with Crippen LogP contribution in [0.1, 0.15) is 27.0 Å². The second-order valence-corrected chi connectivity index (χ2v) is 7.03. The van der Waals surface area contributed by atoms with Crippen LogP contribution < -0.4 is 5.56 Å². The number of carbonyl (C=O) groups excluding carboxylic acids is 1. The molecule has 0 radical (unpaired) electrons. The highest BCUT2D eigenvalue weighted by Crippen LogP contribution is 2.16. The Balaban J connectivity index is 1.80. The molecule has 0 aliphatic rings. The summed E-state index contributed by atoms with van der Waals surface area (Å²) >= 11 is 6.19. The van der Waals surface area contributed by atoms with E-state index >= 15 is 0 Å². The molecule has 0 aliphatic heterocycles. The van der Waals surface area contributed by atoms with Gasteiger partial charge in [-0.15, -0.1) is 0 Å². The minimum Gasteiger partial charge on any atom is -0.337 e. The maximum Gasteiger partial charge on any atom is 0.255 e. The van der Waals surface area contributed by atoms with E-state index in [1.165, 1.54) is 16.2 Å². The van der Waals surface area contributed by atoms with Crippen molar-refractivity contribution < 1.29 is 4.79 Å². The standard InChI is InChI=1S/C22H21ClN2O2/c1-16-7-9-17(10-8-16)13-24(2)22(27)19-11-12-21(26)25(15-19)14-18-5-3-4-6-20(18)23/h3-12,15H,13-14H2,1-2H3. The minimum atomic E-state index is -0.173. The maximum absolute atomic E-state index is 12.8. The van der Waals surface area contributed by atoms with Gasteiger partial charge in [0.1, 0.15) is 0 Å². The summed E-state index contributed by atoms with van der Waals surface area (Å²) in [6, 6.07) is 18.4. The molecule has 2 aromatic carbocycles. The van der Waals surface area contributed by atoms with E-state index in [2.05, 4.69) is 0 Å². The van der Waals surface area contributed by atoms with Crippen molar-refractivity contribution in [1.29, 1.82) is 0 Å². The Bertz CT molecular complexity index is 1010. The fraction of sp³-hybridized carbons (Fsp3) is 0.182. The van der Waals surface area contributed by atoms with E-state index in [9.17, 15) is 9.59 Å². The lowest BCUT2D eigenvalue weighted by Gasteiger charge is -2.18. The van der Waals surface area contributed by atoms with Crippen molar-refractivity contribution in [2.24, 2.45) is 0 Å². The monoisotopic (exact) mass is 380 g/mol. The molecule has 0 N–H and O–H groups in total. The first kappa shape index (κ1) is 18.9. The number of aromatic nitrogens is 1. The normalized spacial score (nSPS) is 10.6. The highest BCUT2D eigenvalue weighted by molar-refractivity contribution is 6.31. The number of benzene rings is 2. The van der Waals surface area contributed by atoms with Crippen LogP contribution in [0.5, 0.6) is 0 Å². The molecule has 0 fully saturated rings. The van der Waals surface area contributed by atoms with Gasteiger partial charge in [0.25, 0.3) is 11.5 Å². The van der Waals surface area contributed by atoms with Crippen molar-refractivity contribution in [3.8, 4) is 0 Å². The number of amides is 1. The van der Waals surface area contributed by atoms with Crippen LogP contribution >= 0.6 is 11.6 Å². The highest BCUT2D eigenvalue weighted by Gasteiger charge is 2.14. The molecule has 1 heterocycles. The zero-order valence-corrected chi connectivity index (χ0v) is 16.1. The van der Waals surface area contributed by atoms with Gasteiger partial charge >= 0.3 is 0 Å². The van der Waals surface area contributed by atoms with Crippen LogP contribution in [0, 0.1) is 6.92 Å². The van der Waals surface area contributed by atoms with Gasteiger partial charge in [0.05, 0.1) is 12.1 Å². The Labute approximate surface area is 163 Å². The molecule has 0 spiro atoms. The van der Waals surface area contributed by atoms with E-state index in [0.29, 0.717) is 23.7 Å². The van der Waals surface area contributed by atoms with Gasteiger partial charge in [0.2, 0.25) is 0 Å². The molecule has 1 amide bonds. The average Bonchev–Trinajstić information content (AvgIpc) is 2.66. The molecule has 0 unspecified atom stereocenters. The van der Waals surface area contributed by atoms with E-state index in [-0.39, 0.29) is 11.5 Å². The van der Waals surface area contributed by atoms with Crippen molar-refractivity contribution in [3.63, 3.8) is 0 Å². The third-order valence-electron chi connectivity index (χ3n) is 4.42. The van der Waals surface area contributed by atoms with Crippen molar-refractivity contribution in [2.45, 2.75) is 20.0 Å². The third kappa shape index (κ3) is 4.66. The number of pyridine rings is 1. The second-order valence-electron chi connectivity index (χ2n) is 6.62. The van der Waals surface area contributed by atoms with Crippen LogP contribution in [0.2, 0.25) is 5.02 Å². The molecular weight excluding hydrogens is 360 g/mol. The Kier molecular flexibility index (Phi) is 5.77. The molecule has 138 valence electrons. The Morgan fingerprint density at radius 3 is 2.44 bits per heavy atom. The topological polar surface area (TPSA) is 42.3 Å². The molecule has 4 nitrogen and oxygen atoms in total. The van der Waals surface area contributed by atoms with E-state index in [1.807, 2.05) is 49.4 Å². The number of halogens is 1. The second kappa shape index (κ2) is 8.23. The molecule has 3 aromatic rings. The average molecular weight is 381 g/mol. The molecule has 0 saturated carbocycles. The lowest BCUT2D eigenvalue weighted by molar-refractivity contribution is 0.0784. The molecule has 3 rings (SSSR count). The summed E-state index contributed by atoms with van der Waals surface area (Å²) in [5, 5.41) is 0.595. The zero-order valence-electron chi connectivity index (χ0n) is 15.4. The van der Waals surface area contributed by atoms with Crippen LogP contribution in [0.15, 0.2) is 71.7 Å². The van der Waals surface area contributed by atoms with Crippen LogP contribution in [-0.2, 0) is 13.1 Å². The highest BCUT2D eigenvalue weighted by atomic mass is 35.5. The van der Waals surface area contributed by atoms with Gasteiger partial charge in [-0.2, -0.15) is 0 Å². The number of aryl methyl sites for hydroxylation is 1. The van der Waals surface area contributed by atoms with Gasteiger partial charge in [0, 0.05) is 30.9 Å². The molecule has 0 aliphatic carbocycles. The SMILES string of the molecule is Cc1ccc(CN(C)C(=O)c2ccc(=O)n(Cc3ccccc3Cl)c2)cc1. The summed E-state index contributed by atoms with van der Waals surface area (Å²) in [6.07, 6.45) is 1.60. The van der Waals surface area contributed by atoms with Crippen molar-refractivity contribution in [1.82, 2.24) is 9.47 Å². The number of rotatable bonds is 5. The lowest BCUT2D eigenvalue weighted by Crippen LogP contribution is -2.28. The largest absolute Gasteiger partial charge is 0.337 e. The zero-order chi connectivity index (χ0) is 19.4. The molecule has 5 heteroatoms. The fourth-order valence-corrected chi connectivity index (χ4v) is 3.05. The van der Waals surface area contributed by atoms with Crippen molar-refractivity contribution in [3.05, 3.63) is 104 Å². The first-order valence-electron chi connectivity index (χ1n) is 8.69. The summed E-state index contributed by atoms with van der Waals surface area (Å²) in [5.74, 6) is -0.136. The van der Waals surface area contributed by atoms with E-state index in [1.54, 1.807) is 30.3 Å².